The molecular formula is C25H33N3O3. The maximum Gasteiger partial charge on any atom is 0.321 e. The number of anilines is 1. The summed E-state index contributed by atoms with van der Waals surface area (Å²) in [6.45, 7) is 5.53. The molecule has 2 fully saturated rings. The van der Waals surface area contributed by atoms with Crippen LogP contribution in [0.5, 0.6) is 5.75 Å². The fourth-order valence-electron chi connectivity index (χ4n) is 4.41. The quantitative estimate of drug-likeness (QED) is 0.641. The van der Waals surface area contributed by atoms with E-state index in [4.69, 9.17) is 9.47 Å². The zero-order chi connectivity index (χ0) is 21.3. The van der Waals surface area contributed by atoms with Crippen LogP contribution in [0.1, 0.15) is 31.2 Å². The van der Waals surface area contributed by atoms with Gasteiger partial charge in [0.25, 0.3) is 0 Å². The molecule has 0 bridgehead atoms. The van der Waals surface area contributed by atoms with Gasteiger partial charge in [0.1, 0.15) is 12.4 Å². The molecule has 2 aliphatic heterocycles. The number of nitrogens with zero attached hydrogens (tertiary/aromatic N) is 2. The Balaban J connectivity index is 1.21. The number of piperidine rings is 1. The van der Waals surface area contributed by atoms with E-state index in [2.05, 4.69) is 10.2 Å². The van der Waals surface area contributed by atoms with E-state index >= 15 is 0 Å². The number of hydrogen-bond acceptors (Lipinski definition) is 4. The van der Waals surface area contributed by atoms with Crippen molar-refractivity contribution >= 4 is 11.7 Å². The van der Waals surface area contributed by atoms with Gasteiger partial charge in [0.15, 0.2) is 0 Å². The maximum atomic E-state index is 12.8. The van der Waals surface area contributed by atoms with E-state index < -0.39 is 0 Å². The molecule has 6 nitrogen and oxygen atoms in total. The predicted molar refractivity (Wildman–Crippen MR) is 122 cm³/mol. The van der Waals surface area contributed by atoms with Crippen LogP contribution in [0.3, 0.4) is 0 Å². The van der Waals surface area contributed by atoms with Crippen molar-refractivity contribution in [3.8, 4) is 5.75 Å². The first-order chi connectivity index (χ1) is 15.3. The number of nitrogens with one attached hydrogen (secondary N) is 1. The third kappa shape index (κ3) is 6.45. The minimum atomic E-state index is -0.00164. The van der Waals surface area contributed by atoms with Crippen LogP contribution >= 0.6 is 0 Å². The van der Waals surface area contributed by atoms with Crippen LogP contribution < -0.4 is 10.1 Å². The SMILES string of the molecule is O=C(Nc1cccc(COCCOc2ccccc2)c1)N1CCC[C@H](N2CCCC2)C1. The number of ether oxygens (including phenoxy) is 2. The van der Waals surface area contributed by atoms with E-state index in [1.807, 2.05) is 59.5 Å². The van der Waals surface area contributed by atoms with Gasteiger partial charge in [0, 0.05) is 24.8 Å². The van der Waals surface area contributed by atoms with Crippen molar-refractivity contribution in [1.29, 1.82) is 0 Å². The number of rotatable bonds is 8. The second-order valence-electron chi connectivity index (χ2n) is 8.33. The van der Waals surface area contributed by atoms with Gasteiger partial charge in [0.2, 0.25) is 0 Å². The Kier molecular flexibility index (Phi) is 7.80. The van der Waals surface area contributed by atoms with Gasteiger partial charge in [-0.3, -0.25) is 4.90 Å². The summed E-state index contributed by atoms with van der Waals surface area (Å²) in [6, 6.07) is 18.1. The Bertz CT molecular complexity index is 824. The van der Waals surface area contributed by atoms with E-state index in [-0.39, 0.29) is 6.03 Å². The van der Waals surface area contributed by atoms with Crippen molar-refractivity contribution in [2.24, 2.45) is 0 Å². The molecule has 4 rings (SSSR count). The Labute approximate surface area is 185 Å². The van der Waals surface area contributed by atoms with Crippen LogP contribution in [0, 0.1) is 0 Å². The van der Waals surface area contributed by atoms with Crippen LogP contribution in [0.2, 0.25) is 0 Å². The molecule has 2 aliphatic rings. The molecule has 31 heavy (non-hydrogen) atoms. The van der Waals surface area contributed by atoms with Crippen LogP contribution in [-0.4, -0.2) is 61.3 Å². The molecule has 6 heteroatoms. The van der Waals surface area contributed by atoms with Crippen molar-refractivity contribution in [2.75, 3.05) is 44.7 Å². The van der Waals surface area contributed by atoms with Crippen LogP contribution in [0.15, 0.2) is 54.6 Å². The lowest BCUT2D eigenvalue weighted by Gasteiger charge is -2.37. The second kappa shape index (κ2) is 11.2. The predicted octanol–water partition coefficient (Wildman–Crippen LogP) is 4.37. The topological polar surface area (TPSA) is 54.0 Å². The van der Waals surface area contributed by atoms with Crippen LogP contribution in [0.4, 0.5) is 10.5 Å². The lowest BCUT2D eigenvalue weighted by Crippen LogP contribution is -2.50. The number of hydrogen-bond donors (Lipinski definition) is 1. The first kappa shape index (κ1) is 21.7. The zero-order valence-electron chi connectivity index (χ0n) is 18.2. The molecule has 0 aromatic heterocycles. The van der Waals surface area contributed by atoms with Gasteiger partial charge in [-0.2, -0.15) is 0 Å². The molecule has 0 radical (unpaired) electrons. The molecule has 2 amide bonds. The summed E-state index contributed by atoms with van der Waals surface area (Å²) in [6.07, 6.45) is 4.85. The number of benzene rings is 2. The van der Waals surface area contributed by atoms with Crippen molar-refractivity contribution in [3.05, 3.63) is 60.2 Å². The lowest BCUT2D eigenvalue weighted by atomic mass is 10.0. The van der Waals surface area contributed by atoms with Crippen molar-refractivity contribution in [2.45, 2.75) is 38.3 Å². The molecule has 0 spiro atoms. The minimum absolute atomic E-state index is 0.00164. The van der Waals surface area contributed by atoms with E-state index in [9.17, 15) is 4.79 Å². The van der Waals surface area contributed by atoms with E-state index in [1.165, 1.54) is 32.4 Å². The zero-order valence-corrected chi connectivity index (χ0v) is 18.2. The Morgan fingerprint density at radius 3 is 2.65 bits per heavy atom. The van der Waals surface area contributed by atoms with Crippen molar-refractivity contribution in [1.82, 2.24) is 9.80 Å². The Morgan fingerprint density at radius 1 is 0.968 bits per heavy atom. The van der Waals surface area contributed by atoms with Gasteiger partial charge in [-0.25, -0.2) is 4.79 Å². The number of likely N-dealkylation sites (tertiary alicyclic amines) is 2. The van der Waals surface area contributed by atoms with Crippen molar-refractivity contribution < 1.29 is 14.3 Å². The monoisotopic (exact) mass is 423 g/mol. The molecule has 2 saturated heterocycles. The first-order valence-corrected chi connectivity index (χ1v) is 11.4. The van der Waals surface area contributed by atoms with Gasteiger partial charge in [-0.15, -0.1) is 0 Å². The summed E-state index contributed by atoms with van der Waals surface area (Å²) < 4.78 is 11.4. The number of amides is 2. The van der Waals surface area contributed by atoms with Gasteiger partial charge < -0.3 is 19.7 Å². The summed E-state index contributed by atoms with van der Waals surface area (Å²) in [5, 5.41) is 3.07. The molecule has 1 N–H and O–H groups in total. The number of urea groups is 1. The molecule has 0 saturated carbocycles. The summed E-state index contributed by atoms with van der Waals surface area (Å²) in [5.74, 6) is 0.848. The van der Waals surface area contributed by atoms with E-state index in [1.54, 1.807) is 0 Å². The van der Waals surface area contributed by atoms with Gasteiger partial charge >= 0.3 is 6.03 Å². The highest BCUT2D eigenvalue weighted by Crippen LogP contribution is 2.21. The average molecular weight is 424 g/mol. The third-order valence-electron chi connectivity index (χ3n) is 6.03. The fraction of sp³-hybridized carbons (Fsp3) is 0.480. The Hall–Kier alpha value is -2.57. The highest BCUT2D eigenvalue weighted by atomic mass is 16.5. The molecule has 0 aliphatic carbocycles. The number of para-hydroxylation sites is 1. The molecule has 166 valence electrons. The van der Waals surface area contributed by atoms with E-state index in [0.717, 1.165) is 36.5 Å². The van der Waals surface area contributed by atoms with E-state index in [0.29, 0.717) is 25.9 Å². The highest BCUT2D eigenvalue weighted by Gasteiger charge is 2.29. The van der Waals surface area contributed by atoms with Gasteiger partial charge in [-0.1, -0.05) is 30.3 Å². The second-order valence-corrected chi connectivity index (χ2v) is 8.33. The maximum absolute atomic E-state index is 12.8. The normalized spacial score (nSPS) is 19.4. The molecular weight excluding hydrogens is 390 g/mol. The van der Waals surface area contributed by atoms with Crippen molar-refractivity contribution in [3.63, 3.8) is 0 Å². The Morgan fingerprint density at radius 2 is 1.81 bits per heavy atom. The number of carbonyl (C=O) groups is 1. The summed E-state index contributed by atoms with van der Waals surface area (Å²) in [4.78, 5) is 17.3. The highest BCUT2D eigenvalue weighted by molar-refractivity contribution is 5.89. The molecule has 2 aromatic rings. The number of carbonyl (C=O) groups excluding carboxylic acids is 1. The van der Waals surface area contributed by atoms with Crippen LogP contribution in [-0.2, 0) is 11.3 Å². The summed E-state index contributed by atoms with van der Waals surface area (Å²) in [7, 11) is 0. The lowest BCUT2D eigenvalue weighted by molar-refractivity contribution is 0.0889. The fourth-order valence-corrected chi connectivity index (χ4v) is 4.41. The summed E-state index contributed by atoms with van der Waals surface area (Å²) in [5.41, 5.74) is 1.85. The largest absolute Gasteiger partial charge is 0.491 e. The molecule has 1 atom stereocenters. The first-order valence-electron chi connectivity index (χ1n) is 11.4. The summed E-state index contributed by atoms with van der Waals surface area (Å²) >= 11 is 0. The van der Waals surface area contributed by atoms with Gasteiger partial charge in [0.05, 0.1) is 13.2 Å². The van der Waals surface area contributed by atoms with Crippen LogP contribution in [0.25, 0.3) is 0 Å². The average Bonchev–Trinajstić information content (AvgIpc) is 3.35. The smallest absolute Gasteiger partial charge is 0.321 e. The van der Waals surface area contributed by atoms with Gasteiger partial charge in [-0.05, 0) is 68.6 Å². The third-order valence-corrected chi connectivity index (χ3v) is 6.03. The molecule has 2 heterocycles. The standard InChI is InChI=1S/C25H33N3O3/c29-25(28-15-7-10-23(19-28)27-13-4-5-14-27)26-22-9-6-8-21(18-22)20-30-16-17-31-24-11-2-1-3-12-24/h1-3,6,8-9,11-12,18,23H,4-5,7,10,13-17,19-20H2,(H,26,29)/t23-/m0/s1. The minimum Gasteiger partial charge on any atom is -0.491 e. The molecule has 2 aromatic carbocycles. The molecule has 0 unspecified atom stereocenters.